The van der Waals surface area contributed by atoms with Crippen molar-refractivity contribution in [3.63, 3.8) is 0 Å². The Hall–Kier alpha value is -3.16. The number of carbonyl (C=O) groups is 1. The molecule has 1 N–H and O–H groups in total. The van der Waals surface area contributed by atoms with Gasteiger partial charge in [0.1, 0.15) is 0 Å². The van der Waals surface area contributed by atoms with Gasteiger partial charge in [0.25, 0.3) is 0 Å². The molecular weight excluding hydrogens is 327 g/mol. The average Bonchev–Trinajstić information content (AvgIpc) is 2.53. The van der Waals surface area contributed by atoms with Gasteiger partial charge in [0.05, 0.1) is 22.0 Å². The van der Waals surface area contributed by atoms with Crippen LogP contribution < -0.4 is 5.63 Å². The van der Waals surface area contributed by atoms with E-state index in [0.29, 0.717) is 0 Å². The van der Waals surface area contributed by atoms with Gasteiger partial charge in [0, 0.05) is 5.56 Å². The van der Waals surface area contributed by atoms with Gasteiger partial charge in [-0.25, -0.2) is 14.6 Å². The summed E-state index contributed by atoms with van der Waals surface area (Å²) in [5.74, 6) is -1.69. The van der Waals surface area contributed by atoms with Gasteiger partial charge in [0.15, 0.2) is 0 Å². The van der Waals surface area contributed by atoms with Crippen molar-refractivity contribution in [3.8, 4) is 11.5 Å². The zero-order valence-corrected chi connectivity index (χ0v) is 11.8. The summed E-state index contributed by atoms with van der Waals surface area (Å²) in [5, 5.41) is 9.10. The molecule has 24 heavy (non-hydrogen) atoms. The summed E-state index contributed by atoms with van der Waals surface area (Å²) < 4.78 is 43.3. The van der Waals surface area contributed by atoms with Crippen molar-refractivity contribution in [2.24, 2.45) is 0 Å². The number of para-hydroxylation sites is 1. The molecule has 3 aromatic rings. The van der Waals surface area contributed by atoms with Gasteiger partial charge in [-0.3, -0.25) is 0 Å². The molecule has 122 valence electrons. The van der Waals surface area contributed by atoms with Gasteiger partial charge < -0.3 is 9.52 Å². The molecule has 0 atom stereocenters. The lowest BCUT2D eigenvalue weighted by Crippen LogP contribution is -2.08. The van der Waals surface area contributed by atoms with E-state index in [1.165, 1.54) is 24.3 Å². The standard InChI is InChI=1S/C16H8F3NO4/c17-16(18,19)9-4-1-3-8(7-9)13-20-12-10(14(21)22)5-2-6-11(12)15(23)24-13/h1-7H,(H,21,22). The van der Waals surface area contributed by atoms with Crippen LogP contribution in [0.25, 0.3) is 22.4 Å². The van der Waals surface area contributed by atoms with E-state index >= 15 is 0 Å². The minimum Gasteiger partial charge on any atom is -0.478 e. The van der Waals surface area contributed by atoms with E-state index in [-0.39, 0.29) is 27.9 Å². The van der Waals surface area contributed by atoms with Gasteiger partial charge in [-0.1, -0.05) is 12.1 Å². The quantitative estimate of drug-likeness (QED) is 0.774. The van der Waals surface area contributed by atoms with E-state index in [1.54, 1.807) is 0 Å². The first kappa shape index (κ1) is 15.7. The van der Waals surface area contributed by atoms with Crippen LogP contribution in [0.1, 0.15) is 15.9 Å². The summed E-state index contributed by atoms with van der Waals surface area (Å²) in [7, 11) is 0. The monoisotopic (exact) mass is 335 g/mol. The molecule has 0 aliphatic rings. The number of fused-ring (bicyclic) bond motifs is 1. The topological polar surface area (TPSA) is 80.4 Å². The molecule has 3 rings (SSSR count). The maximum atomic E-state index is 12.8. The predicted molar refractivity (Wildman–Crippen MR) is 77.7 cm³/mol. The summed E-state index contributed by atoms with van der Waals surface area (Å²) in [5.41, 5.74) is -2.28. The Labute approximate surface area is 132 Å². The van der Waals surface area contributed by atoms with E-state index in [0.717, 1.165) is 18.2 Å². The number of halogens is 3. The van der Waals surface area contributed by atoms with Crippen LogP contribution in [0.4, 0.5) is 13.2 Å². The van der Waals surface area contributed by atoms with Crippen molar-refractivity contribution in [1.29, 1.82) is 0 Å². The number of aromatic nitrogens is 1. The first-order valence-corrected chi connectivity index (χ1v) is 6.62. The highest BCUT2D eigenvalue weighted by Crippen LogP contribution is 2.31. The number of carboxylic acid groups (broad SMARTS) is 1. The number of aromatic carboxylic acids is 1. The molecule has 2 aromatic carbocycles. The fourth-order valence-electron chi connectivity index (χ4n) is 2.22. The number of hydrogen-bond donors (Lipinski definition) is 1. The Kier molecular flexibility index (Phi) is 3.59. The van der Waals surface area contributed by atoms with Crippen LogP contribution in [0.3, 0.4) is 0 Å². The van der Waals surface area contributed by atoms with Crippen LogP contribution in [-0.4, -0.2) is 16.1 Å². The Morgan fingerprint density at radius 2 is 1.83 bits per heavy atom. The fourth-order valence-corrected chi connectivity index (χ4v) is 2.22. The van der Waals surface area contributed by atoms with Gasteiger partial charge >= 0.3 is 17.8 Å². The second kappa shape index (κ2) is 5.48. The van der Waals surface area contributed by atoms with Crippen LogP contribution >= 0.6 is 0 Å². The highest BCUT2D eigenvalue weighted by Gasteiger charge is 2.30. The molecule has 0 saturated heterocycles. The molecule has 5 nitrogen and oxygen atoms in total. The molecule has 1 aromatic heterocycles. The van der Waals surface area contributed by atoms with Crippen molar-refractivity contribution < 1.29 is 27.5 Å². The maximum absolute atomic E-state index is 12.8. The number of benzene rings is 2. The first-order valence-electron chi connectivity index (χ1n) is 6.62. The number of alkyl halides is 3. The highest BCUT2D eigenvalue weighted by molar-refractivity contribution is 6.01. The lowest BCUT2D eigenvalue weighted by molar-refractivity contribution is -0.137. The lowest BCUT2D eigenvalue weighted by Gasteiger charge is -2.08. The van der Waals surface area contributed by atoms with E-state index in [2.05, 4.69) is 4.98 Å². The van der Waals surface area contributed by atoms with E-state index in [1.807, 2.05) is 0 Å². The van der Waals surface area contributed by atoms with Crippen molar-refractivity contribution in [1.82, 2.24) is 4.98 Å². The third-order valence-electron chi connectivity index (χ3n) is 3.33. The van der Waals surface area contributed by atoms with Crippen LogP contribution in [0.2, 0.25) is 0 Å². The van der Waals surface area contributed by atoms with Crippen LogP contribution in [0.15, 0.2) is 51.7 Å². The zero-order valence-electron chi connectivity index (χ0n) is 11.8. The van der Waals surface area contributed by atoms with Crippen molar-refractivity contribution in [2.75, 3.05) is 0 Å². The maximum Gasteiger partial charge on any atom is 0.416 e. The normalized spacial score (nSPS) is 11.6. The van der Waals surface area contributed by atoms with Crippen molar-refractivity contribution >= 4 is 16.9 Å². The number of nitrogens with zero attached hydrogens (tertiary/aromatic N) is 1. The van der Waals surface area contributed by atoms with Crippen LogP contribution in [0, 0.1) is 0 Å². The molecule has 8 heteroatoms. The zero-order chi connectivity index (χ0) is 17.5. The molecule has 0 radical (unpaired) electrons. The second-order valence-corrected chi connectivity index (χ2v) is 4.89. The minimum absolute atomic E-state index is 0.0642. The van der Waals surface area contributed by atoms with E-state index in [9.17, 15) is 22.8 Å². The van der Waals surface area contributed by atoms with Gasteiger partial charge in [-0.2, -0.15) is 13.2 Å². The highest BCUT2D eigenvalue weighted by atomic mass is 19.4. The molecule has 0 fully saturated rings. The fraction of sp³-hybridized carbons (Fsp3) is 0.0625. The van der Waals surface area contributed by atoms with E-state index in [4.69, 9.17) is 9.52 Å². The van der Waals surface area contributed by atoms with Crippen LogP contribution in [0.5, 0.6) is 0 Å². The number of carboxylic acids is 1. The average molecular weight is 335 g/mol. The number of rotatable bonds is 2. The Morgan fingerprint density at radius 1 is 1.12 bits per heavy atom. The summed E-state index contributed by atoms with van der Waals surface area (Å²) >= 11 is 0. The van der Waals surface area contributed by atoms with Gasteiger partial charge in [-0.05, 0) is 30.3 Å². The Bertz CT molecular complexity index is 1010. The van der Waals surface area contributed by atoms with Crippen molar-refractivity contribution in [2.45, 2.75) is 6.18 Å². The predicted octanol–water partition coefficient (Wildman–Crippen LogP) is 3.57. The Balaban J connectivity index is 2.27. The van der Waals surface area contributed by atoms with Crippen LogP contribution in [-0.2, 0) is 6.18 Å². The molecular formula is C16H8F3NO4. The molecule has 0 aliphatic carbocycles. The van der Waals surface area contributed by atoms with E-state index < -0.39 is 23.3 Å². The third-order valence-corrected chi connectivity index (χ3v) is 3.33. The molecule has 1 heterocycles. The van der Waals surface area contributed by atoms with Crippen molar-refractivity contribution in [3.05, 3.63) is 64.0 Å². The largest absolute Gasteiger partial charge is 0.478 e. The SMILES string of the molecule is O=C(O)c1cccc2c(=O)oc(-c3cccc(C(F)(F)F)c3)nc12. The molecule has 0 aliphatic heterocycles. The summed E-state index contributed by atoms with van der Waals surface area (Å²) in [6, 6.07) is 8.01. The van der Waals surface area contributed by atoms with Gasteiger partial charge in [0.2, 0.25) is 5.89 Å². The number of hydrogen-bond acceptors (Lipinski definition) is 4. The summed E-state index contributed by atoms with van der Waals surface area (Å²) in [6.45, 7) is 0. The minimum atomic E-state index is -4.57. The smallest absolute Gasteiger partial charge is 0.416 e. The summed E-state index contributed by atoms with van der Waals surface area (Å²) in [4.78, 5) is 27.2. The second-order valence-electron chi connectivity index (χ2n) is 4.89. The molecule has 0 saturated carbocycles. The summed E-state index contributed by atoms with van der Waals surface area (Å²) in [6.07, 6.45) is -4.57. The molecule has 0 bridgehead atoms. The molecule has 0 unspecified atom stereocenters. The lowest BCUT2D eigenvalue weighted by atomic mass is 10.1. The first-order chi connectivity index (χ1) is 11.3. The molecule has 0 spiro atoms. The Morgan fingerprint density at radius 3 is 2.50 bits per heavy atom. The third kappa shape index (κ3) is 2.73. The molecule has 0 amide bonds. The van der Waals surface area contributed by atoms with Gasteiger partial charge in [-0.15, -0.1) is 0 Å².